The van der Waals surface area contributed by atoms with E-state index in [1.807, 2.05) is 0 Å². The van der Waals surface area contributed by atoms with Crippen LogP contribution in [0.15, 0.2) is 18.5 Å². The van der Waals surface area contributed by atoms with E-state index in [9.17, 15) is 0 Å². The van der Waals surface area contributed by atoms with Crippen molar-refractivity contribution in [1.29, 1.82) is 0 Å². The van der Waals surface area contributed by atoms with E-state index >= 15 is 0 Å². The predicted molar refractivity (Wildman–Crippen MR) is 78.1 cm³/mol. The molecule has 2 saturated carbocycles. The zero-order valence-electron chi connectivity index (χ0n) is 12.4. The van der Waals surface area contributed by atoms with Crippen molar-refractivity contribution in [2.24, 2.45) is 11.8 Å². The molecule has 3 unspecified atom stereocenters. The third kappa shape index (κ3) is 3.04. The Balaban J connectivity index is 1.34. The Morgan fingerprint density at radius 3 is 2.86 bits per heavy atom. The molecule has 4 rings (SSSR count). The van der Waals surface area contributed by atoms with Crippen molar-refractivity contribution in [1.82, 2.24) is 14.9 Å². The largest absolute Gasteiger partial charge is 0.463 e. The molecule has 1 saturated heterocycles. The van der Waals surface area contributed by atoms with E-state index in [1.165, 1.54) is 32.2 Å². The first-order chi connectivity index (χ1) is 10.4. The fraction of sp³-hybridized carbons (Fsp3) is 0.750. The SMILES string of the molecule is c1cnc(OCC2CCC3C2OCCN3CC2CC2)nc1. The van der Waals surface area contributed by atoms with E-state index in [0.29, 0.717) is 30.7 Å². The predicted octanol–water partition coefficient (Wildman–Crippen LogP) is 1.74. The number of hydrogen-bond acceptors (Lipinski definition) is 5. The summed E-state index contributed by atoms with van der Waals surface area (Å²) >= 11 is 0. The Hall–Kier alpha value is -1.20. The molecule has 1 aromatic heterocycles. The molecule has 5 heteroatoms. The number of hydrogen-bond donors (Lipinski definition) is 0. The first-order valence-electron chi connectivity index (χ1n) is 8.15. The fourth-order valence-corrected chi connectivity index (χ4v) is 3.72. The van der Waals surface area contributed by atoms with Gasteiger partial charge in [-0.25, -0.2) is 9.97 Å². The number of ether oxygens (including phenoxy) is 2. The first kappa shape index (κ1) is 13.5. The van der Waals surface area contributed by atoms with E-state index < -0.39 is 0 Å². The molecular formula is C16H23N3O2. The van der Waals surface area contributed by atoms with Crippen molar-refractivity contribution < 1.29 is 9.47 Å². The highest BCUT2D eigenvalue weighted by atomic mass is 16.5. The minimum atomic E-state index is 0.334. The first-order valence-corrected chi connectivity index (χ1v) is 8.15. The van der Waals surface area contributed by atoms with Gasteiger partial charge in [-0.2, -0.15) is 0 Å². The molecule has 21 heavy (non-hydrogen) atoms. The van der Waals surface area contributed by atoms with Crippen LogP contribution in [0, 0.1) is 11.8 Å². The molecule has 2 aliphatic carbocycles. The van der Waals surface area contributed by atoms with Gasteiger partial charge in [0.15, 0.2) is 0 Å². The smallest absolute Gasteiger partial charge is 0.316 e. The van der Waals surface area contributed by atoms with Gasteiger partial charge in [0.25, 0.3) is 0 Å². The van der Waals surface area contributed by atoms with Crippen molar-refractivity contribution in [3.05, 3.63) is 18.5 Å². The highest BCUT2D eigenvalue weighted by Crippen LogP contribution is 2.38. The number of fused-ring (bicyclic) bond motifs is 1. The lowest BCUT2D eigenvalue weighted by Gasteiger charge is -2.39. The standard InChI is InChI=1S/C16H23N3O2/c1-6-17-16(18-7-1)21-11-13-4-5-14-15(13)20-9-8-19(14)10-12-2-3-12/h1,6-7,12-15H,2-5,8-11H2. The van der Waals surface area contributed by atoms with Gasteiger partial charge in [-0.05, 0) is 37.7 Å². The molecule has 3 aliphatic rings. The molecular weight excluding hydrogens is 266 g/mol. The Morgan fingerprint density at radius 1 is 1.19 bits per heavy atom. The second-order valence-electron chi connectivity index (χ2n) is 6.52. The molecule has 0 bridgehead atoms. The van der Waals surface area contributed by atoms with Crippen molar-refractivity contribution >= 4 is 0 Å². The number of morpholine rings is 1. The minimum Gasteiger partial charge on any atom is -0.463 e. The molecule has 2 heterocycles. The number of rotatable bonds is 5. The van der Waals surface area contributed by atoms with Gasteiger partial charge in [0.05, 0.1) is 19.3 Å². The quantitative estimate of drug-likeness (QED) is 0.826. The van der Waals surface area contributed by atoms with Gasteiger partial charge in [-0.1, -0.05) is 0 Å². The highest BCUT2D eigenvalue weighted by molar-refractivity contribution is 4.98. The van der Waals surface area contributed by atoms with Crippen LogP contribution in [-0.2, 0) is 4.74 Å². The van der Waals surface area contributed by atoms with Crippen LogP contribution in [0.25, 0.3) is 0 Å². The van der Waals surface area contributed by atoms with E-state index in [4.69, 9.17) is 9.47 Å². The van der Waals surface area contributed by atoms with Crippen molar-refractivity contribution in [3.8, 4) is 6.01 Å². The summed E-state index contributed by atoms with van der Waals surface area (Å²) < 4.78 is 11.8. The lowest BCUT2D eigenvalue weighted by atomic mass is 10.0. The normalized spacial score (nSPS) is 32.9. The molecule has 0 amide bonds. The molecule has 0 radical (unpaired) electrons. The van der Waals surface area contributed by atoms with E-state index in [0.717, 1.165) is 19.1 Å². The lowest BCUT2D eigenvalue weighted by molar-refractivity contribution is -0.0802. The van der Waals surface area contributed by atoms with Gasteiger partial charge < -0.3 is 9.47 Å². The van der Waals surface area contributed by atoms with Gasteiger partial charge in [-0.3, -0.25) is 4.90 Å². The summed E-state index contributed by atoms with van der Waals surface area (Å²) in [5.41, 5.74) is 0. The zero-order chi connectivity index (χ0) is 14.1. The second kappa shape index (κ2) is 5.89. The van der Waals surface area contributed by atoms with Crippen LogP contribution in [0.4, 0.5) is 0 Å². The molecule has 5 nitrogen and oxygen atoms in total. The summed E-state index contributed by atoms with van der Waals surface area (Å²) in [6.45, 7) is 3.92. The average molecular weight is 289 g/mol. The van der Waals surface area contributed by atoms with Gasteiger partial charge in [-0.15, -0.1) is 0 Å². The fourth-order valence-electron chi connectivity index (χ4n) is 3.72. The summed E-state index contributed by atoms with van der Waals surface area (Å²) in [5.74, 6) is 1.43. The van der Waals surface area contributed by atoms with Gasteiger partial charge in [0, 0.05) is 37.4 Å². The topological polar surface area (TPSA) is 47.5 Å². The minimum absolute atomic E-state index is 0.334. The maximum atomic E-state index is 6.07. The van der Waals surface area contributed by atoms with E-state index in [1.54, 1.807) is 18.5 Å². The summed E-state index contributed by atoms with van der Waals surface area (Å²) in [6, 6.07) is 2.88. The summed E-state index contributed by atoms with van der Waals surface area (Å²) in [5, 5.41) is 0. The maximum absolute atomic E-state index is 6.07. The molecule has 3 atom stereocenters. The molecule has 0 spiro atoms. The van der Waals surface area contributed by atoms with Crippen LogP contribution < -0.4 is 4.74 Å². The van der Waals surface area contributed by atoms with Gasteiger partial charge in [0.2, 0.25) is 0 Å². The van der Waals surface area contributed by atoms with Crippen LogP contribution in [0.1, 0.15) is 25.7 Å². The molecule has 1 aliphatic heterocycles. The van der Waals surface area contributed by atoms with E-state index in [2.05, 4.69) is 14.9 Å². The van der Waals surface area contributed by atoms with Crippen LogP contribution in [0.2, 0.25) is 0 Å². The Morgan fingerprint density at radius 2 is 2.05 bits per heavy atom. The van der Waals surface area contributed by atoms with Crippen molar-refractivity contribution in [3.63, 3.8) is 0 Å². The summed E-state index contributed by atoms with van der Waals surface area (Å²) in [6.07, 6.45) is 9.04. The van der Waals surface area contributed by atoms with Crippen molar-refractivity contribution in [2.45, 2.75) is 37.8 Å². The monoisotopic (exact) mass is 289 g/mol. The lowest BCUT2D eigenvalue weighted by Crippen LogP contribution is -2.51. The summed E-state index contributed by atoms with van der Waals surface area (Å²) in [4.78, 5) is 10.9. The van der Waals surface area contributed by atoms with Crippen LogP contribution >= 0.6 is 0 Å². The van der Waals surface area contributed by atoms with Gasteiger partial charge >= 0.3 is 6.01 Å². The summed E-state index contributed by atoms with van der Waals surface area (Å²) in [7, 11) is 0. The Kier molecular flexibility index (Phi) is 3.78. The molecule has 1 aromatic rings. The number of nitrogens with zero attached hydrogens (tertiary/aromatic N) is 3. The maximum Gasteiger partial charge on any atom is 0.316 e. The van der Waals surface area contributed by atoms with Crippen molar-refractivity contribution in [2.75, 3.05) is 26.3 Å². The van der Waals surface area contributed by atoms with E-state index in [-0.39, 0.29) is 0 Å². The molecule has 0 N–H and O–H groups in total. The highest BCUT2D eigenvalue weighted by Gasteiger charge is 2.44. The second-order valence-corrected chi connectivity index (χ2v) is 6.52. The van der Waals surface area contributed by atoms with Crippen LogP contribution in [-0.4, -0.2) is 53.3 Å². The Labute approximate surface area is 125 Å². The zero-order valence-corrected chi connectivity index (χ0v) is 12.4. The van der Waals surface area contributed by atoms with Gasteiger partial charge in [0.1, 0.15) is 0 Å². The average Bonchev–Trinajstić information content (AvgIpc) is 3.24. The third-order valence-electron chi connectivity index (χ3n) is 4.99. The molecule has 114 valence electrons. The number of aromatic nitrogens is 2. The van der Waals surface area contributed by atoms with Crippen LogP contribution in [0.5, 0.6) is 6.01 Å². The van der Waals surface area contributed by atoms with Crippen LogP contribution in [0.3, 0.4) is 0 Å². The third-order valence-corrected chi connectivity index (χ3v) is 4.99. The Bertz CT molecular complexity index is 466. The molecule has 3 fully saturated rings. The molecule has 0 aromatic carbocycles.